The van der Waals surface area contributed by atoms with Gasteiger partial charge in [-0.05, 0) is 42.7 Å². The molecule has 3 rings (SSSR count). The number of hydrogen-bond acceptors (Lipinski definition) is 7. The Kier molecular flexibility index (Phi) is 5.72. The molecule has 2 aromatic rings. The molecular formula is C17H20N4O2S2. The molecule has 1 aliphatic rings. The summed E-state index contributed by atoms with van der Waals surface area (Å²) in [7, 11) is 0. The smallest absolute Gasteiger partial charge is 0.292 e. The molecule has 8 heteroatoms. The van der Waals surface area contributed by atoms with Crippen LogP contribution in [0.25, 0.3) is 0 Å². The lowest BCUT2D eigenvalue weighted by atomic mass is 10.2. The van der Waals surface area contributed by atoms with Crippen LogP contribution in [0.3, 0.4) is 0 Å². The summed E-state index contributed by atoms with van der Waals surface area (Å²) in [5.41, 5.74) is 7.12. The summed E-state index contributed by atoms with van der Waals surface area (Å²) in [6.07, 6.45) is 2.12. The number of anilines is 2. The highest BCUT2D eigenvalue weighted by molar-refractivity contribution is 7.99. The van der Waals surface area contributed by atoms with E-state index in [1.807, 2.05) is 0 Å². The summed E-state index contributed by atoms with van der Waals surface area (Å²) in [6.45, 7) is 4.21. The Balaban J connectivity index is 1.65. The van der Waals surface area contributed by atoms with Crippen molar-refractivity contribution in [2.24, 2.45) is 0 Å². The Morgan fingerprint density at radius 2 is 1.68 bits per heavy atom. The van der Waals surface area contributed by atoms with Crippen LogP contribution in [0, 0.1) is 10.1 Å². The fourth-order valence-corrected chi connectivity index (χ4v) is 4.15. The average molecular weight is 377 g/mol. The molecule has 0 aliphatic carbocycles. The lowest BCUT2D eigenvalue weighted by Crippen LogP contribution is -2.43. The Bertz CT molecular complexity index is 747. The molecule has 1 aliphatic heterocycles. The van der Waals surface area contributed by atoms with Gasteiger partial charge < -0.3 is 10.6 Å². The second-order valence-electron chi connectivity index (χ2n) is 5.67. The highest BCUT2D eigenvalue weighted by atomic mass is 32.2. The fourth-order valence-electron chi connectivity index (χ4n) is 2.75. The van der Waals surface area contributed by atoms with Gasteiger partial charge in [0.15, 0.2) is 0 Å². The minimum Gasteiger partial charge on any atom is -0.393 e. The summed E-state index contributed by atoms with van der Waals surface area (Å²) in [4.78, 5) is 14.7. The zero-order valence-electron chi connectivity index (χ0n) is 13.9. The number of nitro groups is 1. The molecule has 132 valence electrons. The summed E-state index contributed by atoms with van der Waals surface area (Å²) in [6, 6.07) is 13.3. The van der Waals surface area contributed by atoms with Crippen molar-refractivity contribution in [2.75, 3.05) is 43.1 Å². The molecule has 0 spiro atoms. The lowest BCUT2D eigenvalue weighted by molar-refractivity contribution is -0.383. The van der Waals surface area contributed by atoms with E-state index in [1.54, 1.807) is 35.8 Å². The van der Waals surface area contributed by atoms with E-state index in [-0.39, 0.29) is 11.4 Å². The van der Waals surface area contributed by atoms with Gasteiger partial charge in [-0.2, -0.15) is 0 Å². The Morgan fingerprint density at radius 3 is 2.24 bits per heavy atom. The average Bonchev–Trinajstić information content (AvgIpc) is 2.62. The fraction of sp³-hybridized carbons (Fsp3) is 0.294. The third kappa shape index (κ3) is 4.39. The molecule has 1 fully saturated rings. The first-order chi connectivity index (χ1) is 12.1. The van der Waals surface area contributed by atoms with Crippen molar-refractivity contribution >= 4 is 40.8 Å². The summed E-state index contributed by atoms with van der Waals surface area (Å²) >= 11 is 3.35. The van der Waals surface area contributed by atoms with E-state index in [1.165, 1.54) is 11.8 Å². The van der Waals surface area contributed by atoms with Crippen molar-refractivity contribution in [1.82, 2.24) is 4.31 Å². The van der Waals surface area contributed by atoms with Crippen molar-refractivity contribution < 1.29 is 4.92 Å². The predicted octanol–water partition coefficient (Wildman–Crippen LogP) is 3.73. The molecule has 0 radical (unpaired) electrons. The van der Waals surface area contributed by atoms with E-state index in [9.17, 15) is 10.1 Å². The van der Waals surface area contributed by atoms with Gasteiger partial charge in [0.2, 0.25) is 0 Å². The van der Waals surface area contributed by atoms with Crippen molar-refractivity contribution in [3.63, 3.8) is 0 Å². The Hall–Kier alpha value is -1.90. The van der Waals surface area contributed by atoms with Gasteiger partial charge in [0.25, 0.3) is 5.69 Å². The molecular weight excluding hydrogens is 356 g/mol. The first kappa shape index (κ1) is 17.9. The first-order valence-electron chi connectivity index (χ1n) is 7.92. The number of rotatable bonds is 5. The van der Waals surface area contributed by atoms with Gasteiger partial charge in [0.1, 0.15) is 5.69 Å². The van der Waals surface area contributed by atoms with Crippen LogP contribution >= 0.6 is 23.7 Å². The van der Waals surface area contributed by atoms with Crippen molar-refractivity contribution in [2.45, 2.75) is 9.79 Å². The van der Waals surface area contributed by atoms with Gasteiger partial charge in [-0.25, -0.2) is 4.31 Å². The summed E-state index contributed by atoms with van der Waals surface area (Å²) in [5, 5.41) is 10.8. The van der Waals surface area contributed by atoms with Crippen LogP contribution in [0.1, 0.15) is 0 Å². The van der Waals surface area contributed by atoms with Crippen LogP contribution in [-0.2, 0) is 0 Å². The second kappa shape index (κ2) is 7.99. The van der Waals surface area contributed by atoms with Crippen LogP contribution < -0.4 is 10.6 Å². The van der Waals surface area contributed by atoms with Crippen molar-refractivity contribution in [3.05, 3.63) is 52.6 Å². The third-order valence-electron chi connectivity index (χ3n) is 4.13. The molecule has 6 nitrogen and oxygen atoms in total. The van der Waals surface area contributed by atoms with E-state index >= 15 is 0 Å². The maximum atomic E-state index is 10.8. The third-order valence-corrected chi connectivity index (χ3v) is 6.01. The maximum Gasteiger partial charge on any atom is 0.292 e. The van der Waals surface area contributed by atoms with Gasteiger partial charge in [0, 0.05) is 47.7 Å². The molecule has 0 bridgehead atoms. The van der Waals surface area contributed by atoms with Gasteiger partial charge in [-0.15, -0.1) is 0 Å². The minimum atomic E-state index is -0.463. The van der Waals surface area contributed by atoms with Gasteiger partial charge in [-0.1, -0.05) is 23.7 Å². The number of nitro benzene ring substituents is 1. The van der Waals surface area contributed by atoms with E-state index in [0.717, 1.165) is 36.0 Å². The Morgan fingerprint density at radius 1 is 1.04 bits per heavy atom. The molecule has 2 aromatic carbocycles. The summed E-state index contributed by atoms with van der Waals surface area (Å²) < 4.78 is 2.37. The normalized spacial score (nSPS) is 15.3. The number of nitrogen functional groups attached to an aromatic ring is 1. The molecule has 0 amide bonds. The molecule has 0 saturated carbocycles. The van der Waals surface area contributed by atoms with E-state index in [2.05, 4.69) is 39.7 Å². The Labute approximate surface area is 155 Å². The molecule has 1 saturated heterocycles. The van der Waals surface area contributed by atoms with Gasteiger partial charge in [-0.3, -0.25) is 10.1 Å². The van der Waals surface area contributed by atoms with Crippen molar-refractivity contribution in [1.29, 1.82) is 0 Å². The SMILES string of the molecule is CSN1CCN(c2ccc(Sc3ccc([N+](=O)[O-])c(N)c3)cc2)CC1. The zero-order valence-corrected chi connectivity index (χ0v) is 15.6. The number of hydrogen-bond donors (Lipinski definition) is 1. The quantitative estimate of drug-likeness (QED) is 0.369. The zero-order chi connectivity index (χ0) is 17.8. The molecule has 0 unspecified atom stereocenters. The molecule has 1 heterocycles. The standard InChI is InChI=1S/C17H20N4O2S2/c1-24-20-10-8-19(9-11-20)13-2-4-14(5-3-13)25-15-6-7-17(21(22)23)16(18)12-15/h2-7,12H,8-11,18H2,1H3. The van der Waals surface area contributed by atoms with Gasteiger partial charge >= 0.3 is 0 Å². The number of piperazine rings is 1. The van der Waals surface area contributed by atoms with Crippen LogP contribution in [0.2, 0.25) is 0 Å². The first-order valence-corrected chi connectivity index (χ1v) is 9.92. The van der Waals surface area contributed by atoms with Gasteiger partial charge in [0.05, 0.1) is 4.92 Å². The molecule has 0 aromatic heterocycles. The van der Waals surface area contributed by atoms with Crippen LogP contribution in [-0.4, -0.2) is 41.7 Å². The minimum absolute atomic E-state index is 0.0518. The van der Waals surface area contributed by atoms with E-state index < -0.39 is 4.92 Å². The van der Waals surface area contributed by atoms with E-state index in [0.29, 0.717) is 0 Å². The number of nitrogens with two attached hydrogens (primary N) is 1. The molecule has 2 N–H and O–H groups in total. The topological polar surface area (TPSA) is 75.6 Å². The van der Waals surface area contributed by atoms with E-state index in [4.69, 9.17) is 5.73 Å². The number of nitrogens with zero attached hydrogens (tertiary/aromatic N) is 3. The molecule has 0 atom stereocenters. The predicted molar refractivity (Wildman–Crippen MR) is 105 cm³/mol. The largest absolute Gasteiger partial charge is 0.393 e. The molecule has 25 heavy (non-hydrogen) atoms. The highest BCUT2D eigenvalue weighted by Gasteiger charge is 2.16. The lowest BCUT2D eigenvalue weighted by Gasteiger charge is -2.34. The monoisotopic (exact) mass is 376 g/mol. The summed E-state index contributed by atoms with van der Waals surface area (Å²) in [5.74, 6) is 0. The highest BCUT2D eigenvalue weighted by Crippen LogP contribution is 2.33. The van der Waals surface area contributed by atoms with Crippen LogP contribution in [0.4, 0.5) is 17.1 Å². The van der Waals surface area contributed by atoms with Crippen molar-refractivity contribution in [3.8, 4) is 0 Å². The van der Waals surface area contributed by atoms with Crippen LogP contribution in [0.5, 0.6) is 0 Å². The van der Waals surface area contributed by atoms with Crippen LogP contribution in [0.15, 0.2) is 52.3 Å². The number of benzene rings is 2. The maximum absolute atomic E-state index is 10.8. The second-order valence-corrected chi connectivity index (χ2v) is 7.70.